The highest BCUT2D eigenvalue weighted by molar-refractivity contribution is 5.95. The minimum absolute atomic E-state index is 0.193. The molecule has 0 aliphatic heterocycles. The molecular weight excluding hydrogens is 358 g/mol. The number of nitrogens with one attached hydrogen (secondary N) is 2. The lowest BCUT2D eigenvalue weighted by atomic mass is 10.1. The third kappa shape index (κ3) is 5.16. The smallest absolute Gasteiger partial charge is 0.276 e. The van der Waals surface area contributed by atoms with Crippen molar-refractivity contribution in [1.82, 2.24) is 25.6 Å². The van der Waals surface area contributed by atoms with E-state index in [1.807, 2.05) is 44.2 Å². The Balaban J connectivity index is 1.46. The number of hydrazine groups is 1. The number of hydrogen-bond acceptors (Lipinski definition) is 5. The zero-order valence-electron chi connectivity index (χ0n) is 15.7. The molecule has 8 nitrogen and oxygen atoms in total. The van der Waals surface area contributed by atoms with E-state index in [4.69, 9.17) is 4.74 Å². The zero-order chi connectivity index (χ0) is 19.9. The van der Waals surface area contributed by atoms with Gasteiger partial charge in [-0.25, -0.2) is 9.67 Å². The van der Waals surface area contributed by atoms with Crippen LogP contribution in [-0.4, -0.2) is 33.2 Å². The minimum atomic E-state index is -0.447. The van der Waals surface area contributed by atoms with Gasteiger partial charge in [-0.2, -0.15) is 5.10 Å². The van der Waals surface area contributed by atoms with E-state index in [-0.39, 0.29) is 6.61 Å². The van der Waals surface area contributed by atoms with Gasteiger partial charge in [0.05, 0.1) is 6.54 Å². The first kappa shape index (κ1) is 19.1. The molecule has 0 saturated heterocycles. The number of nitrogens with zero attached hydrogens (tertiary/aromatic N) is 3. The standard InChI is InChI=1S/C20H21N5O3/c1-14-3-4-15(2)18(9-14)28-11-19(26)23-24-20(27)17-7-5-16(6-8-17)10-25-13-21-12-22-25/h3-9,12-13H,10-11H2,1-2H3,(H,23,26)(H,24,27). The molecule has 0 aliphatic carbocycles. The summed E-state index contributed by atoms with van der Waals surface area (Å²) in [5, 5.41) is 4.03. The predicted octanol–water partition coefficient (Wildman–Crippen LogP) is 1.78. The van der Waals surface area contributed by atoms with E-state index in [0.29, 0.717) is 17.9 Å². The van der Waals surface area contributed by atoms with E-state index in [0.717, 1.165) is 16.7 Å². The summed E-state index contributed by atoms with van der Waals surface area (Å²) < 4.78 is 7.19. The van der Waals surface area contributed by atoms with Gasteiger partial charge in [0.25, 0.3) is 11.8 Å². The molecule has 0 fully saturated rings. The molecule has 144 valence electrons. The number of hydrogen-bond donors (Lipinski definition) is 2. The Morgan fingerprint density at radius 3 is 2.57 bits per heavy atom. The Morgan fingerprint density at radius 2 is 1.86 bits per heavy atom. The maximum Gasteiger partial charge on any atom is 0.276 e. The number of ether oxygens (including phenoxy) is 1. The number of carbonyl (C=O) groups is 2. The molecule has 2 N–H and O–H groups in total. The Morgan fingerprint density at radius 1 is 1.07 bits per heavy atom. The predicted molar refractivity (Wildman–Crippen MR) is 103 cm³/mol. The SMILES string of the molecule is Cc1ccc(C)c(OCC(=O)NNC(=O)c2ccc(Cn3cncn3)cc2)c1. The van der Waals surface area contributed by atoms with Gasteiger partial charge in [0.2, 0.25) is 0 Å². The number of aromatic nitrogens is 3. The van der Waals surface area contributed by atoms with Gasteiger partial charge >= 0.3 is 0 Å². The first-order chi connectivity index (χ1) is 13.5. The molecule has 0 atom stereocenters. The summed E-state index contributed by atoms with van der Waals surface area (Å²) in [6, 6.07) is 12.8. The van der Waals surface area contributed by atoms with Crippen LogP contribution in [-0.2, 0) is 11.3 Å². The van der Waals surface area contributed by atoms with Gasteiger partial charge in [-0.15, -0.1) is 0 Å². The van der Waals surface area contributed by atoms with Gasteiger partial charge in [-0.3, -0.25) is 20.4 Å². The van der Waals surface area contributed by atoms with Crippen LogP contribution in [0.1, 0.15) is 27.0 Å². The first-order valence-electron chi connectivity index (χ1n) is 8.72. The summed E-state index contributed by atoms with van der Waals surface area (Å²) in [5.74, 6) is -0.214. The van der Waals surface area contributed by atoms with Crippen LogP contribution < -0.4 is 15.6 Å². The van der Waals surface area contributed by atoms with Crippen molar-refractivity contribution in [3.63, 3.8) is 0 Å². The Bertz CT molecular complexity index is 952. The molecule has 1 aromatic heterocycles. The summed E-state index contributed by atoms with van der Waals surface area (Å²) in [4.78, 5) is 28.0. The normalized spacial score (nSPS) is 10.4. The Hall–Kier alpha value is -3.68. The molecular formula is C20H21N5O3. The van der Waals surface area contributed by atoms with Crippen LogP contribution in [0.3, 0.4) is 0 Å². The zero-order valence-corrected chi connectivity index (χ0v) is 15.7. The maximum atomic E-state index is 12.2. The number of benzene rings is 2. The highest BCUT2D eigenvalue weighted by atomic mass is 16.5. The van der Waals surface area contributed by atoms with Gasteiger partial charge in [-0.1, -0.05) is 24.3 Å². The third-order valence-electron chi connectivity index (χ3n) is 4.05. The van der Waals surface area contributed by atoms with Crippen LogP contribution in [0, 0.1) is 13.8 Å². The Kier molecular flexibility index (Phi) is 6.01. The quantitative estimate of drug-likeness (QED) is 0.636. The van der Waals surface area contributed by atoms with Gasteiger partial charge in [-0.05, 0) is 48.7 Å². The maximum absolute atomic E-state index is 12.2. The molecule has 0 saturated carbocycles. The lowest BCUT2D eigenvalue weighted by molar-refractivity contribution is -0.123. The van der Waals surface area contributed by atoms with Crippen LogP contribution in [0.25, 0.3) is 0 Å². The number of rotatable bonds is 6. The van der Waals surface area contributed by atoms with Crippen molar-refractivity contribution in [3.05, 3.63) is 77.4 Å². The van der Waals surface area contributed by atoms with Crippen LogP contribution in [0.4, 0.5) is 0 Å². The lowest BCUT2D eigenvalue weighted by Crippen LogP contribution is -2.43. The molecule has 2 aromatic carbocycles. The van der Waals surface area contributed by atoms with Crippen LogP contribution in [0.2, 0.25) is 0 Å². The van der Waals surface area contributed by atoms with E-state index in [9.17, 15) is 9.59 Å². The average molecular weight is 379 g/mol. The second-order valence-corrected chi connectivity index (χ2v) is 6.35. The molecule has 1 heterocycles. The summed E-state index contributed by atoms with van der Waals surface area (Å²) in [5.41, 5.74) is 8.12. The van der Waals surface area contributed by atoms with E-state index >= 15 is 0 Å². The van der Waals surface area contributed by atoms with Crippen molar-refractivity contribution >= 4 is 11.8 Å². The third-order valence-corrected chi connectivity index (χ3v) is 4.05. The fourth-order valence-corrected chi connectivity index (χ4v) is 2.50. The van der Waals surface area contributed by atoms with E-state index in [1.165, 1.54) is 6.33 Å². The fraction of sp³-hybridized carbons (Fsp3) is 0.200. The molecule has 3 aromatic rings. The van der Waals surface area contributed by atoms with Gasteiger partial charge in [0.1, 0.15) is 18.4 Å². The monoisotopic (exact) mass is 379 g/mol. The summed E-state index contributed by atoms with van der Waals surface area (Å²) in [6.45, 7) is 4.22. The van der Waals surface area contributed by atoms with Crippen molar-refractivity contribution in [2.24, 2.45) is 0 Å². The van der Waals surface area contributed by atoms with Crippen LogP contribution in [0.15, 0.2) is 55.1 Å². The molecule has 8 heteroatoms. The topological polar surface area (TPSA) is 98.1 Å². The van der Waals surface area contributed by atoms with Crippen molar-refractivity contribution in [2.45, 2.75) is 20.4 Å². The second kappa shape index (κ2) is 8.81. The molecule has 0 radical (unpaired) electrons. The van der Waals surface area contributed by atoms with Gasteiger partial charge in [0, 0.05) is 5.56 Å². The number of amides is 2. The minimum Gasteiger partial charge on any atom is -0.483 e. The number of carbonyl (C=O) groups excluding carboxylic acids is 2. The Labute approximate surface area is 162 Å². The molecule has 0 bridgehead atoms. The molecule has 0 unspecified atom stereocenters. The number of aryl methyl sites for hydroxylation is 2. The van der Waals surface area contributed by atoms with Gasteiger partial charge in [0.15, 0.2) is 6.61 Å². The first-order valence-corrected chi connectivity index (χ1v) is 8.72. The second-order valence-electron chi connectivity index (χ2n) is 6.35. The van der Waals surface area contributed by atoms with Crippen molar-refractivity contribution < 1.29 is 14.3 Å². The summed E-state index contributed by atoms with van der Waals surface area (Å²) >= 11 is 0. The molecule has 3 rings (SSSR count). The largest absolute Gasteiger partial charge is 0.483 e. The van der Waals surface area contributed by atoms with Crippen LogP contribution in [0.5, 0.6) is 5.75 Å². The molecule has 28 heavy (non-hydrogen) atoms. The van der Waals surface area contributed by atoms with Gasteiger partial charge < -0.3 is 4.74 Å². The molecule has 2 amide bonds. The van der Waals surface area contributed by atoms with E-state index in [2.05, 4.69) is 20.9 Å². The van der Waals surface area contributed by atoms with Crippen LogP contribution >= 0.6 is 0 Å². The van der Waals surface area contributed by atoms with Crippen molar-refractivity contribution in [2.75, 3.05) is 6.61 Å². The average Bonchev–Trinajstić information content (AvgIpc) is 3.20. The van der Waals surface area contributed by atoms with E-state index in [1.54, 1.807) is 23.1 Å². The summed E-state index contributed by atoms with van der Waals surface area (Å²) in [7, 11) is 0. The summed E-state index contributed by atoms with van der Waals surface area (Å²) in [6.07, 6.45) is 3.09. The molecule has 0 aliphatic rings. The van der Waals surface area contributed by atoms with Crippen molar-refractivity contribution in [1.29, 1.82) is 0 Å². The highest BCUT2D eigenvalue weighted by Gasteiger charge is 2.09. The lowest BCUT2D eigenvalue weighted by Gasteiger charge is -2.11. The molecule has 0 spiro atoms. The highest BCUT2D eigenvalue weighted by Crippen LogP contribution is 2.18. The fourth-order valence-electron chi connectivity index (χ4n) is 2.50. The van der Waals surface area contributed by atoms with Crippen molar-refractivity contribution in [3.8, 4) is 5.75 Å². The van der Waals surface area contributed by atoms with E-state index < -0.39 is 11.8 Å².